The molecule has 0 aliphatic carbocycles. The Balaban J connectivity index is 1.87. The maximum atomic E-state index is 12.0. The lowest BCUT2D eigenvalue weighted by Crippen LogP contribution is -2.41. The number of hydrogen-bond donors (Lipinski definition) is 2. The van der Waals surface area contributed by atoms with Crippen LogP contribution in [0, 0.1) is 13.8 Å². The van der Waals surface area contributed by atoms with Gasteiger partial charge in [0.2, 0.25) is 5.91 Å². The van der Waals surface area contributed by atoms with Gasteiger partial charge in [-0.1, -0.05) is 15.9 Å². The summed E-state index contributed by atoms with van der Waals surface area (Å²) in [7, 11) is 0. The number of aryl methyl sites for hydroxylation is 2. The minimum Gasteiger partial charge on any atom is -0.381 e. The van der Waals surface area contributed by atoms with Gasteiger partial charge in [-0.25, -0.2) is 0 Å². The van der Waals surface area contributed by atoms with Crippen LogP contribution in [-0.2, 0) is 9.53 Å². The number of hydrogen-bond acceptors (Lipinski definition) is 3. The number of carbonyl (C=O) groups is 1. The Hall–Kier alpha value is -1.07. The summed E-state index contributed by atoms with van der Waals surface area (Å²) in [6, 6.07) is 4.35. The molecule has 1 saturated heterocycles. The van der Waals surface area contributed by atoms with Crippen LogP contribution in [0.5, 0.6) is 0 Å². The van der Waals surface area contributed by atoms with Crippen molar-refractivity contribution >= 4 is 27.5 Å². The SMILES string of the molecule is Cc1cc(Br)cc(C)c1NCC(=O)NC1CCOCC1. The molecule has 0 bridgehead atoms. The van der Waals surface area contributed by atoms with E-state index in [1.54, 1.807) is 0 Å². The maximum absolute atomic E-state index is 12.0. The Kier molecular flexibility index (Phi) is 5.43. The van der Waals surface area contributed by atoms with Gasteiger partial charge in [0.05, 0.1) is 6.54 Å². The first kappa shape index (κ1) is 15.3. The van der Waals surface area contributed by atoms with Crippen molar-refractivity contribution in [1.82, 2.24) is 5.32 Å². The first-order valence-corrected chi connectivity index (χ1v) is 7.73. The number of halogens is 1. The Morgan fingerprint density at radius 3 is 2.50 bits per heavy atom. The van der Waals surface area contributed by atoms with Crippen molar-refractivity contribution in [2.45, 2.75) is 32.7 Å². The fraction of sp³-hybridized carbons (Fsp3) is 0.533. The summed E-state index contributed by atoms with van der Waals surface area (Å²) in [6.07, 6.45) is 1.81. The molecule has 0 atom stereocenters. The molecule has 2 N–H and O–H groups in total. The minimum absolute atomic E-state index is 0.0404. The van der Waals surface area contributed by atoms with Gasteiger partial charge in [0.1, 0.15) is 0 Å². The zero-order valence-electron chi connectivity index (χ0n) is 12.0. The van der Waals surface area contributed by atoms with Crippen LogP contribution >= 0.6 is 15.9 Å². The highest BCUT2D eigenvalue weighted by molar-refractivity contribution is 9.10. The minimum atomic E-state index is 0.0404. The van der Waals surface area contributed by atoms with Gasteiger partial charge < -0.3 is 15.4 Å². The number of benzene rings is 1. The van der Waals surface area contributed by atoms with E-state index in [0.29, 0.717) is 6.54 Å². The highest BCUT2D eigenvalue weighted by Crippen LogP contribution is 2.24. The molecule has 5 heteroatoms. The first-order valence-electron chi connectivity index (χ1n) is 6.94. The van der Waals surface area contributed by atoms with Gasteiger partial charge in [0.25, 0.3) is 0 Å². The average molecular weight is 341 g/mol. The van der Waals surface area contributed by atoms with Crippen LogP contribution in [0.1, 0.15) is 24.0 Å². The largest absolute Gasteiger partial charge is 0.381 e. The summed E-state index contributed by atoms with van der Waals surface area (Å²) in [4.78, 5) is 12.0. The van der Waals surface area contributed by atoms with Crippen LogP contribution in [0.2, 0.25) is 0 Å². The molecule has 0 spiro atoms. The summed E-state index contributed by atoms with van der Waals surface area (Å²) in [5.41, 5.74) is 3.31. The van der Waals surface area contributed by atoms with Gasteiger partial charge >= 0.3 is 0 Å². The molecule has 4 nitrogen and oxygen atoms in total. The van der Waals surface area contributed by atoms with E-state index in [1.807, 2.05) is 26.0 Å². The van der Waals surface area contributed by atoms with Crippen LogP contribution in [0.15, 0.2) is 16.6 Å². The second-order valence-electron chi connectivity index (χ2n) is 5.22. The average Bonchev–Trinajstić information content (AvgIpc) is 2.38. The summed E-state index contributed by atoms with van der Waals surface area (Å²) in [5.74, 6) is 0.0404. The smallest absolute Gasteiger partial charge is 0.239 e. The molecule has 0 aromatic heterocycles. The molecular weight excluding hydrogens is 320 g/mol. The second kappa shape index (κ2) is 7.09. The van der Waals surface area contributed by atoms with Crippen molar-refractivity contribution in [2.24, 2.45) is 0 Å². The van der Waals surface area contributed by atoms with Crippen molar-refractivity contribution in [1.29, 1.82) is 0 Å². The van der Waals surface area contributed by atoms with Crippen molar-refractivity contribution in [3.63, 3.8) is 0 Å². The van der Waals surface area contributed by atoms with Gasteiger partial charge in [-0.15, -0.1) is 0 Å². The van der Waals surface area contributed by atoms with Crippen LogP contribution in [-0.4, -0.2) is 31.7 Å². The predicted molar refractivity (Wildman–Crippen MR) is 84.1 cm³/mol. The molecule has 1 fully saturated rings. The van der Waals surface area contributed by atoms with Crippen LogP contribution in [0.3, 0.4) is 0 Å². The number of carbonyl (C=O) groups excluding carboxylic acids is 1. The van der Waals surface area contributed by atoms with Gasteiger partial charge in [0.15, 0.2) is 0 Å². The van der Waals surface area contributed by atoms with Gasteiger partial charge in [0, 0.05) is 29.4 Å². The summed E-state index contributed by atoms with van der Waals surface area (Å²) >= 11 is 3.47. The Morgan fingerprint density at radius 2 is 1.90 bits per heavy atom. The van der Waals surface area contributed by atoms with Crippen molar-refractivity contribution in [3.8, 4) is 0 Å². The topological polar surface area (TPSA) is 50.4 Å². The van der Waals surface area contributed by atoms with Crippen molar-refractivity contribution < 1.29 is 9.53 Å². The Morgan fingerprint density at radius 1 is 1.30 bits per heavy atom. The van der Waals surface area contributed by atoms with Crippen LogP contribution in [0.25, 0.3) is 0 Å². The highest BCUT2D eigenvalue weighted by Gasteiger charge is 2.16. The molecule has 0 saturated carbocycles. The summed E-state index contributed by atoms with van der Waals surface area (Å²) < 4.78 is 6.34. The van der Waals surface area contributed by atoms with E-state index in [4.69, 9.17) is 4.74 Å². The van der Waals surface area contributed by atoms with Gasteiger partial charge in [-0.3, -0.25) is 4.79 Å². The monoisotopic (exact) mass is 340 g/mol. The number of anilines is 1. The van der Waals surface area contributed by atoms with Gasteiger partial charge in [-0.05, 0) is 49.9 Å². The van der Waals surface area contributed by atoms with E-state index >= 15 is 0 Å². The molecule has 1 amide bonds. The Labute approximate surface area is 128 Å². The predicted octanol–water partition coefficient (Wildman–Crippen LogP) is 2.77. The number of nitrogens with one attached hydrogen (secondary N) is 2. The summed E-state index contributed by atoms with van der Waals surface area (Å²) in [6.45, 7) is 5.86. The molecule has 1 aromatic rings. The molecule has 110 valence electrons. The molecule has 20 heavy (non-hydrogen) atoms. The zero-order chi connectivity index (χ0) is 14.5. The third kappa shape index (κ3) is 4.21. The van der Waals surface area contributed by atoms with E-state index in [1.165, 1.54) is 0 Å². The Bertz CT molecular complexity index is 462. The molecule has 1 aromatic carbocycles. The molecule has 0 radical (unpaired) electrons. The van der Waals surface area contributed by atoms with Crippen LogP contribution < -0.4 is 10.6 Å². The lowest BCUT2D eigenvalue weighted by atomic mass is 10.1. The lowest BCUT2D eigenvalue weighted by molar-refractivity contribution is -0.120. The van der Waals surface area contributed by atoms with Crippen LogP contribution in [0.4, 0.5) is 5.69 Å². The molecule has 0 unspecified atom stereocenters. The molecule has 2 rings (SSSR count). The quantitative estimate of drug-likeness (QED) is 0.885. The van der Waals surface area contributed by atoms with Crippen molar-refractivity contribution in [3.05, 3.63) is 27.7 Å². The summed E-state index contributed by atoms with van der Waals surface area (Å²) in [5, 5.41) is 6.28. The third-order valence-electron chi connectivity index (χ3n) is 3.51. The lowest BCUT2D eigenvalue weighted by Gasteiger charge is -2.23. The first-order chi connectivity index (χ1) is 9.56. The number of rotatable bonds is 4. The van der Waals surface area contributed by atoms with Gasteiger partial charge in [-0.2, -0.15) is 0 Å². The maximum Gasteiger partial charge on any atom is 0.239 e. The standard InChI is InChI=1S/C15H21BrN2O2/c1-10-7-12(16)8-11(2)15(10)17-9-14(19)18-13-3-5-20-6-4-13/h7-8,13,17H,3-6,9H2,1-2H3,(H,18,19). The van der Waals surface area contributed by atoms with E-state index in [9.17, 15) is 4.79 Å². The molecule has 1 aliphatic heterocycles. The molecule has 1 heterocycles. The van der Waals surface area contributed by atoms with Crippen molar-refractivity contribution in [2.75, 3.05) is 25.1 Å². The normalized spacial score (nSPS) is 15.9. The third-order valence-corrected chi connectivity index (χ3v) is 3.97. The molecule has 1 aliphatic rings. The van der Waals surface area contributed by atoms with E-state index in [-0.39, 0.29) is 11.9 Å². The number of amides is 1. The fourth-order valence-electron chi connectivity index (χ4n) is 2.48. The van der Waals surface area contributed by atoms with E-state index in [2.05, 4.69) is 26.6 Å². The van der Waals surface area contributed by atoms with E-state index < -0.39 is 0 Å². The number of ether oxygens (including phenoxy) is 1. The molecular formula is C15H21BrN2O2. The highest BCUT2D eigenvalue weighted by atomic mass is 79.9. The second-order valence-corrected chi connectivity index (χ2v) is 6.14. The fourth-order valence-corrected chi connectivity index (χ4v) is 3.17. The van der Waals surface area contributed by atoms with E-state index in [0.717, 1.165) is 47.3 Å². The zero-order valence-corrected chi connectivity index (χ0v) is 13.5.